The van der Waals surface area contributed by atoms with Gasteiger partial charge in [-0.3, -0.25) is 0 Å². The number of pyridine rings is 1. The lowest BCUT2D eigenvalue weighted by Crippen LogP contribution is -2.44. The van der Waals surface area contributed by atoms with Crippen molar-refractivity contribution in [2.45, 2.75) is 44.4 Å². The Morgan fingerprint density at radius 1 is 1.12 bits per heavy atom. The summed E-state index contributed by atoms with van der Waals surface area (Å²) in [5, 5.41) is 6.54. The fourth-order valence-corrected chi connectivity index (χ4v) is 3.05. The lowest BCUT2D eigenvalue weighted by atomic mass is 9.93. The van der Waals surface area contributed by atoms with E-state index in [1.165, 1.54) is 0 Å². The second-order valence-corrected chi connectivity index (χ2v) is 6.66. The molecule has 0 spiro atoms. The minimum Gasteiger partial charge on any atom is -0.474 e. The number of carbonyl (C=O) groups is 1. The first-order valence-corrected chi connectivity index (χ1v) is 8.93. The number of urea groups is 1. The molecule has 5 nitrogen and oxygen atoms in total. The fraction of sp³-hybridized carbons (Fsp3) is 0.368. The maximum Gasteiger partial charge on any atom is 0.315 e. The molecule has 132 valence electrons. The minimum absolute atomic E-state index is 0.118. The zero-order valence-electron chi connectivity index (χ0n) is 14.0. The number of hydrogen-bond acceptors (Lipinski definition) is 3. The first-order chi connectivity index (χ1) is 12.2. The van der Waals surface area contributed by atoms with E-state index in [4.69, 9.17) is 16.3 Å². The Labute approximate surface area is 152 Å². The van der Waals surface area contributed by atoms with Crippen molar-refractivity contribution in [1.82, 2.24) is 15.6 Å². The number of ether oxygens (including phenoxy) is 1. The summed E-state index contributed by atoms with van der Waals surface area (Å²) in [6.45, 7) is 0.535. The van der Waals surface area contributed by atoms with Crippen molar-refractivity contribution >= 4 is 17.6 Å². The lowest BCUT2D eigenvalue weighted by Gasteiger charge is -2.29. The van der Waals surface area contributed by atoms with Gasteiger partial charge in [0.2, 0.25) is 5.88 Å². The summed E-state index contributed by atoms with van der Waals surface area (Å²) in [5.41, 5.74) is 1.09. The molecule has 1 heterocycles. The molecule has 0 saturated heterocycles. The molecular formula is C19H22ClN3O2. The molecule has 0 aliphatic heterocycles. The fourth-order valence-electron chi connectivity index (χ4n) is 2.94. The van der Waals surface area contributed by atoms with Crippen LogP contribution in [0, 0.1) is 0 Å². The third-order valence-corrected chi connectivity index (χ3v) is 4.52. The van der Waals surface area contributed by atoms with Crippen molar-refractivity contribution in [3.05, 3.63) is 59.2 Å². The molecule has 6 heteroatoms. The third-order valence-electron chi connectivity index (χ3n) is 4.29. The molecule has 1 aromatic carbocycles. The molecule has 2 aromatic rings. The normalized spacial score (nSPS) is 19.9. The molecule has 0 atom stereocenters. The van der Waals surface area contributed by atoms with Gasteiger partial charge in [-0.05, 0) is 37.3 Å². The molecule has 0 bridgehead atoms. The Bertz CT molecular complexity index is 671. The Morgan fingerprint density at radius 2 is 1.88 bits per heavy atom. The monoisotopic (exact) mass is 359 g/mol. The number of halogens is 1. The van der Waals surface area contributed by atoms with Crippen LogP contribution < -0.4 is 15.4 Å². The summed E-state index contributed by atoms with van der Waals surface area (Å²) in [4.78, 5) is 16.2. The van der Waals surface area contributed by atoms with E-state index in [9.17, 15) is 4.79 Å². The Morgan fingerprint density at radius 3 is 2.56 bits per heavy atom. The van der Waals surface area contributed by atoms with Crippen molar-refractivity contribution in [2.24, 2.45) is 0 Å². The van der Waals surface area contributed by atoms with Gasteiger partial charge in [-0.25, -0.2) is 9.78 Å². The van der Waals surface area contributed by atoms with Crippen molar-refractivity contribution in [2.75, 3.05) is 0 Å². The largest absolute Gasteiger partial charge is 0.474 e. The van der Waals surface area contributed by atoms with E-state index in [-0.39, 0.29) is 18.2 Å². The minimum atomic E-state index is -0.118. The molecule has 2 N–H and O–H groups in total. The van der Waals surface area contributed by atoms with Crippen molar-refractivity contribution in [1.29, 1.82) is 0 Å². The van der Waals surface area contributed by atoms with E-state index in [1.54, 1.807) is 18.3 Å². The second kappa shape index (κ2) is 8.72. The molecule has 1 aliphatic carbocycles. The smallest absolute Gasteiger partial charge is 0.315 e. The first kappa shape index (κ1) is 17.5. The molecule has 1 aromatic heterocycles. The van der Waals surface area contributed by atoms with E-state index in [2.05, 4.69) is 15.6 Å². The van der Waals surface area contributed by atoms with Crippen molar-refractivity contribution in [3.8, 4) is 5.88 Å². The first-order valence-electron chi connectivity index (χ1n) is 8.55. The average Bonchev–Trinajstić information content (AvgIpc) is 2.64. The Hall–Kier alpha value is -2.27. The van der Waals surface area contributed by atoms with Crippen LogP contribution in [-0.4, -0.2) is 23.2 Å². The Balaban J connectivity index is 1.37. The number of rotatable bonds is 5. The maximum absolute atomic E-state index is 12.0. The highest BCUT2D eigenvalue weighted by Gasteiger charge is 2.23. The zero-order valence-corrected chi connectivity index (χ0v) is 14.7. The van der Waals surface area contributed by atoms with Crippen molar-refractivity contribution < 1.29 is 9.53 Å². The number of nitrogens with one attached hydrogen (secondary N) is 2. The van der Waals surface area contributed by atoms with Crippen LogP contribution in [0.3, 0.4) is 0 Å². The van der Waals surface area contributed by atoms with Crippen LogP contribution in [0.25, 0.3) is 0 Å². The summed E-state index contributed by atoms with van der Waals surface area (Å²) >= 11 is 5.82. The third kappa shape index (κ3) is 5.64. The van der Waals surface area contributed by atoms with Crippen LogP contribution in [0.1, 0.15) is 31.2 Å². The molecule has 3 rings (SSSR count). The summed E-state index contributed by atoms with van der Waals surface area (Å²) in [6.07, 6.45) is 5.32. The molecule has 2 amide bonds. The number of carbonyl (C=O) groups excluding carboxylic acids is 1. The van der Waals surface area contributed by atoms with Gasteiger partial charge in [-0.2, -0.15) is 0 Å². The highest BCUT2D eigenvalue weighted by atomic mass is 35.5. The topological polar surface area (TPSA) is 63.2 Å². The van der Waals surface area contributed by atoms with Crippen LogP contribution >= 0.6 is 11.6 Å². The number of benzene rings is 1. The number of aromatic nitrogens is 1. The maximum atomic E-state index is 12.0. The summed E-state index contributed by atoms with van der Waals surface area (Å²) in [5.74, 6) is 0.599. The van der Waals surface area contributed by atoms with E-state index in [0.717, 1.165) is 31.2 Å². The van der Waals surface area contributed by atoms with E-state index < -0.39 is 0 Å². The predicted octanol–water partition coefficient (Wildman–Crippen LogP) is 3.92. The molecule has 1 aliphatic rings. The highest BCUT2D eigenvalue weighted by molar-refractivity contribution is 6.30. The predicted molar refractivity (Wildman–Crippen MR) is 97.7 cm³/mol. The van der Waals surface area contributed by atoms with Gasteiger partial charge in [0.1, 0.15) is 6.10 Å². The summed E-state index contributed by atoms with van der Waals surface area (Å²) in [6, 6.07) is 13.5. The van der Waals surface area contributed by atoms with Gasteiger partial charge >= 0.3 is 6.03 Å². The molecule has 0 radical (unpaired) electrons. The van der Waals surface area contributed by atoms with Gasteiger partial charge in [0.25, 0.3) is 0 Å². The standard InChI is InChI=1S/C19H22ClN3O2/c20-15-6-11-18(21-13-15)25-17-9-7-16(8-10-17)23-19(24)22-12-14-4-2-1-3-5-14/h1-6,11,13,16-17H,7-10,12H2,(H2,22,23,24). The highest BCUT2D eigenvalue weighted by Crippen LogP contribution is 2.23. The Kier molecular flexibility index (Phi) is 6.12. The summed E-state index contributed by atoms with van der Waals surface area (Å²) < 4.78 is 5.87. The molecule has 25 heavy (non-hydrogen) atoms. The van der Waals surface area contributed by atoms with Crippen LogP contribution in [-0.2, 0) is 6.54 Å². The van der Waals surface area contributed by atoms with Gasteiger partial charge in [0.15, 0.2) is 0 Å². The number of amides is 2. The molecule has 1 saturated carbocycles. The van der Waals surface area contributed by atoms with Gasteiger partial charge < -0.3 is 15.4 Å². The lowest BCUT2D eigenvalue weighted by molar-refractivity contribution is 0.135. The van der Waals surface area contributed by atoms with Crippen LogP contribution in [0.4, 0.5) is 4.79 Å². The summed E-state index contributed by atoms with van der Waals surface area (Å²) in [7, 11) is 0. The van der Waals surface area contributed by atoms with E-state index in [1.807, 2.05) is 30.3 Å². The molecule has 0 unspecified atom stereocenters. The van der Waals surface area contributed by atoms with Crippen molar-refractivity contribution in [3.63, 3.8) is 0 Å². The second-order valence-electron chi connectivity index (χ2n) is 6.22. The average molecular weight is 360 g/mol. The van der Waals surface area contributed by atoms with Gasteiger partial charge in [-0.15, -0.1) is 0 Å². The van der Waals surface area contributed by atoms with E-state index in [0.29, 0.717) is 17.4 Å². The molecular weight excluding hydrogens is 338 g/mol. The van der Waals surface area contributed by atoms with Gasteiger partial charge in [0.05, 0.1) is 5.02 Å². The van der Waals surface area contributed by atoms with Gasteiger partial charge in [0, 0.05) is 24.8 Å². The quantitative estimate of drug-likeness (QED) is 0.850. The SMILES string of the molecule is O=C(NCc1ccccc1)NC1CCC(Oc2ccc(Cl)cn2)CC1. The van der Waals surface area contributed by atoms with Gasteiger partial charge in [-0.1, -0.05) is 41.9 Å². The number of nitrogens with zero attached hydrogens (tertiary/aromatic N) is 1. The van der Waals surface area contributed by atoms with Crippen LogP contribution in [0.5, 0.6) is 5.88 Å². The zero-order chi connectivity index (χ0) is 17.5. The number of hydrogen-bond donors (Lipinski definition) is 2. The van der Waals surface area contributed by atoms with Crippen LogP contribution in [0.2, 0.25) is 5.02 Å². The van der Waals surface area contributed by atoms with Crippen LogP contribution in [0.15, 0.2) is 48.7 Å². The van der Waals surface area contributed by atoms with E-state index >= 15 is 0 Å². The molecule has 1 fully saturated rings.